The first-order valence-electron chi connectivity index (χ1n) is 4.98. The SMILES string of the molecule is Cn1cc(CC(CN)C(C)(C)C)nn1. The molecule has 0 aromatic carbocycles. The zero-order valence-corrected chi connectivity index (χ0v) is 9.49. The van der Waals surface area contributed by atoms with Crippen LogP contribution in [0.15, 0.2) is 6.20 Å². The molecule has 4 nitrogen and oxygen atoms in total. The van der Waals surface area contributed by atoms with E-state index in [-0.39, 0.29) is 5.41 Å². The van der Waals surface area contributed by atoms with Crippen LogP contribution in [0.4, 0.5) is 0 Å². The van der Waals surface area contributed by atoms with Gasteiger partial charge in [0.2, 0.25) is 0 Å². The molecule has 0 spiro atoms. The summed E-state index contributed by atoms with van der Waals surface area (Å²) >= 11 is 0. The van der Waals surface area contributed by atoms with Crippen LogP contribution in [0.2, 0.25) is 0 Å². The average molecular weight is 196 g/mol. The first kappa shape index (κ1) is 11.2. The first-order chi connectivity index (χ1) is 6.43. The molecule has 1 unspecified atom stereocenters. The van der Waals surface area contributed by atoms with Crippen molar-refractivity contribution in [2.24, 2.45) is 24.1 Å². The van der Waals surface area contributed by atoms with Gasteiger partial charge in [-0.15, -0.1) is 5.10 Å². The number of nitrogens with two attached hydrogens (primary N) is 1. The van der Waals surface area contributed by atoms with Gasteiger partial charge < -0.3 is 5.73 Å². The summed E-state index contributed by atoms with van der Waals surface area (Å²) in [6.07, 6.45) is 2.86. The smallest absolute Gasteiger partial charge is 0.0830 e. The minimum absolute atomic E-state index is 0.228. The van der Waals surface area contributed by atoms with Crippen LogP contribution in [0.25, 0.3) is 0 Å². The molecule has 4 heteroatoms. The van der Waals surface area contributed by atoms with Gasteiger partial charge in [-0.3, -0.25) is 4.68 Å². The van der Waals surface area contributed by atoms with Crippen molar-refractivity contribution in [3.63, 3.8) is 0 Å². The molecule has 1 rings (SSSR count). The molecule has 0 saturated heterocycles. The molecule has 80 valence electrons. The highest BCUT2D eigenvalue weighted by Gasteiger charge is 2.24. The van der Waals surface area contributed by atoms with Gasteiger partial charge in [-0.05, 0) is 24.3 Å². The maximum Gasteiger partial charge on any atom is 0.0830 e. The molecule has 1 heterocycles. The second-order valence-corrected chi connectivity index (χ2v) is 4.89. The Bertz CT molecular complexity index is 285. The molecule has 0 saturated carbocycles. The van der Waals surface area contributed by atoms with Crippen molar-refractivity contribution >= 4 is 0 Å². The summed E-state index contributed by atoms with van der Waals surface area (Å²) < 4.78 is 1.73. The largest absolute Gasteiger partial charge is 0.330 e. The predicted molar refractivity (Wildman–Crippen MR) is 56.7 cm³/mol. The maximum atomic E-state index is 5.76. The Balaban J connectivity index is 2.66. The summed E-state index contributed by atoms with van der Waals surface area (Å²) in [6.45, 7) is 7.32. The van der Waals surface area contributed by atoms with E-state index in [0.717, 1.165) is 12.1 Å². The molecule has 0 amide bonds. The lowest BCUT2D eigenvalue weighted by atomic mass is 9.78. The highest BCUT2D eigenvalue weighted by molar-refractivity contribution is 4.96. The number of nitrogens with zero attached hydrogens (tertiary/aromatic N) is 3. The van der Waals surface area contributed by atoms with E-state index >= 15 is 0 Å². The first-order valence-corrected chi connectivity index (χ1v) is 4.98. The Kier molecular flexibility index (Phi) is 3.26. The number of aryl methyl sites for hydroxylation is 1. The van der Waals surface area contributed by atoms with Crippen LogP contribution >= 0.6 is 0 Å². The fourth-order valence-electron chi connectivity index (χ4n) is 1.48. The summed E-state index contributed by atoms with van der Waals surface area (Å²) in [6, 6.07) is 0. The van der Waals surface area contributed by atoms with Gasteiger partial charge in [0.05, 0.1) is 5.69 Å². The Hall–Kier alpha value is -0.900. The lowest BCUT2D eigenvalue weighted by Gasteiger charge is -2.28. The van der Waals surface area contributed by atoms with E-state index in [0.29, 0.717) is 12.5 Å². The molecular weight excluding hydrogens is 176 g/mol. The molecule has 14 heavy (non-hydrogen) atoms. The van der Waals surface area contributed by atoms with E-state index < -0.39 is 0 Å². The van der Waals surface area contributed by atoms with Crippen LogP contribution in [0.5, 0.6) is 0 Å². The van der Waals surface area contributed by atoms with Gasteiger partial charge in [-0.1, -0.05) is 26.0 Å². The minimum Gasteiger partial charge on any atom is -0.330 e. The normalized spacial score (nSPS) is 14.4. The van der Waals surface area contributed by atoms with E-state index in [9.17, 15) is 0 Å². The Morgan fingerprint density at radius 2 is 2.14 bits per heavy atom. The van der Waals surface area contributed by atoms with Gasteiger partial charge in [0.1, 0.15) is 0 Å². The van der Waals surface area contributed by atoms with Gasteiger partial charge in [-0.2, -0.15) is 0 Å². The number of aromatic nitrogens is 3. The number of rotatable bonds is 3. The van der Waals surface area contributed by atoms with Crippen LogP contribution in [0, 0.1) is 11.3 Å². The quantitative estimate of drug-likeness (QED) is 0.784. The van der Waals surface area contributed by atoms with E-state index in [4.69, 9.17) is 5.73 Å². The number of hydrogen-bond donors (Lipinski definition) is 1. The van der Waals surface area contributed by atoms with Crippen LogP contribution in [0.1, 0.15) is 26.5 Å². The van der Waals surface area contributed by atoms with Crippen molar-refractivity contribution < 1.29 is 0 Å². The average Bonchev–Trinajstić information content (AvgIpc) is 2.45. The molecule has 0 aliphatic rings. The molecule has 1 aromatic rings. The van der Waals surface area contributed by atoms with Gasteiger partial charge in [-0.25, -0.2) is 0 Å². The summed E-state index contributed by atoms with van der Waals surface area (Å²) in [4.78, 5) is 0. The Morgan fingerprint density at radius 1 is 1.50 bits per heavy atom. The summed E-state index contributed by atoms with van der Waals surface area (Å²) in [7, 11) is 1.88. The highest BCUT2D eigenvalue weighted by Crippen LogP contribution is 2.27. The van der Waals surface area contributed by atoms with Gasteiger partial charge in [0.25, 0.3) is 0 Å². The fraction of sp³-hybridized carbons (Fsp3) is 0.800. The van der Waals surface area contributed by atoms with Crippen molar-refractivity contribution in [1.29, 1.82) is 0 Å². The summed E-state index contributed by atoms with van der Waals surface area (Å²) in [5.74, 6) is 0.458. The standard InChI is InChI=1S/C10H20N4/c1-10(2,3)8(6-11)5-9-7-14(4)13-12-9/h7-8H,5-6,11H2,1-4H3. The summed E-state index contributed by atoms with van der Waals surface area (Å²) in [5.41, 5.74) is 7.01. The topological polar surface area (TPSA) is 56.7 Å². The van der Waals surface area contributed by atoms with Crippen molar-refractivity contribution in [2.45, 2.75) is 27.2 Å². The molecule has 0 aliphatic carbocycles. The maximum absolute atomic E-state index is 5.76. The second-order valence-electron chi connectivity index (χ2n) is 4.89. The van der Waals surface area contributed by atoms with Gasteiger partial charge in [0, 0.05) is 13.2 Å². The Labute approximate surface area is 85.5 Å². The summed E-state index contributed by atoms with van der Waals surface area (Å²) in [5, 5.41) is 7.99. The van der Waals surface area contributed by atoms with Gasteiger partial charge >= 0.3 is 0 Å². The van der Waals surface area contributed by atoms with Crippen molar-refractivity contribution in [3.8, 4) is 0 Å². The highest BCUT2D eigenvalue weighted by atomic mass is 15.4. The van der Waals surface area contributed by atoms with E-state index in [2.05, 4.69) is 31.1 Å². The molecule has 2 N–H and O–H groups in total. The lowest BCUT2D eigenvalue weighted by molar-refractivity contribution is 0.244. The molecule has 0 radical (unpaired) electrons. The zero-order chi connectivity index (χ0) is 10.8. The van der Waals surface area contributed by atoms with Gasteiger partial charge in [0.15, 0.2) is 0 Å². The third kappa shape index (κ3) is 2.80. The second kappa shape index (κ2) is 4.09. The van der Waals surface area contributed by atoms with Crippen LogP contribution in [0.3, 0.4) is 0 Å². The van der Waals surface area contributed by atoms with E-state index in [1.807, 2.05) is 13.2 Å². The number of hydrogen-bond acceptors (Lipinski definition) is 3. The van der Waals surface area contributed by atoms with Crippen LogP contribution in [-0.4, -0.2) is 21.5 Å². The van der Waals surface area contributed by atoms with Crippen LogP contribution in [-0.2, 0) is 13.5 Å². The van der Waals surface area contributed by atoms with E-state index in [1.54, 1.807) is 4.68 Å². The third-order valence-electron chi connectivity index (χ3n) is 2.61. The molecule has 0 aliphatic heterocycles. The van der Waals surface area contributed by atoms with Crippen LogP contribution < -0.4 is 5.73 Å². The zero-order valence-electron chi connectivity index (χ0n) is 9.49. The molecule has 1 aromatic heterocycles. The van der Waals surface area contributed by atoms with E-state index in [1.165, 1.54) is 0 Å². The molecule has 0 fully saturated rings. The lowest BCUT2D eigenvalue weighted by Crippen LogP contribution is -2.30. The third-order valence-corrected chi connectivity index (χ3v) is 2.61. The minimum atomic E-state index is 0.228. The monoisotopic (exact) mass is 196 g/mol. The Morgan fingerprint density at radius 3 is 2.50 bits per heavy atom. The fourth-order valence-corrected chi connectivity index (χ4v) is 1.48. The van der Waals surface area contributed by atoms with Crippen molar-refractivity contribution in [2.75, 3.05) is 6.54 Å². The van der Waals surface area contributed by atoms with Crippen molar-refractivity contribution in [3.05, 3.63) is 11.9 Å². The molecule has 0 bridgehead atoms. The predicted octanol–water partition coefficient (Wildman–Crippen LogP) is 0.979. The van der Waals surface area contributed by atoms with Crippen molar-refractivity contribution in [1.82, 2.24) is 15.0 Å². The molecule has 1 atom stereocenters. The molecular formula is C10H20N4.